The van der Waals surface area contributed by atoms with Crippen LogP contribution in [-0.2, 0) is 0 Å². The third-order valence-electron chi connectivity index (χ3n) is 15.6. The first kappa shape index (κ1) is 61.4. The molecule has 3 fully saturated rings. The first-order chi connectivity index (χ1) is 40.9. The molecule has 0 unspecified atom stereocenters. The van der Waals surface area contributed by atoms with Crippen molar-refractivity contribution in [3.8, 4) is 22.8 Å². The van der Waals surface area contributed by atoms with Gasteiger partial charge in [0.15, 0.2) is 11.6 Å². The number of hydrogen-bond donors (Lipinski definition) is 5. The van der Waals surface area contributed by atoms with Crippen molar-refractivity contribution in [3.05, 3.63) is 209 Å². The summed E-state index contributed by atoms with van der Waals surface area (Å²) in [6.07, 6.45) is 32.7. The van der Waals surface area contributed by atoms with Gasteiger partial charge in [0.05, 0.1) is 50.9 Å². The van der Waals surface area contributed by atoms with Crippen molar-refractivity contribution in [1.82, 2.24) is 60.3 Å². The Balaban J connectivity index is 0.000000213. The summed E-state index contributed by atoms with van der Waals surface area (Å²) in [4.78, 5) is 24.2. The van der Waals surface area contributed by atoms with Gasteiger partial charge in [-0.2, -0.15) is 10.2 Å². The molecule has 438 valence electrons. The third-order valence-corrected chi connectivity index (χ3v) is 15.6. The van der Waals surface area contributed by atoms with Gasteiger partial charge in [0.25, 0.3) is 0 Å². The van der Waals surface area contributed by atoms with Gasteiger partial charge in [-0.1, -0.05) is 120 Å². The molecule has 9 heterocycles. The second-order valence-corrected chi connectivity index (χ2v) is 21.1. The van der Waals surface area contributed by atoms with E-state index in [4.69, 9.17) is 4.98 Å². The van der Waals surface area contributed by atoms with Gasteiger partial charge in [0, 0.05) is 72.8 Å². The Morgan fingerprint density at radius 3 is 2.08 bits per heavy atom. The highest BCUT2D eigenvalue weighted by Gasteiger charge is 2.26. The van der Waals surface area contributed by atoms with E-state index in [1.807, 2.05) is 101 Å². The molecule has 0 atom stereocenters. The van der Waals surface area contributed by atoms with Crippen molar-refractivity contribution in [1.29, 1.82) is 0 Å². The average Bonchev–Trinajstić information content (AvgIpc) is 3.29. The van der Waals surface area contributed by atoms with E-state index in [1.54, 1.807) is 30.7 Å². The Hall–Kier alpha value is -8.69. The van der Waals surface area contributed by atoms with E-state index in [2.05, 4.69) is 113 Å². The number of halogens is 2. The molecule has 15 heteroatoms. The number of pyridine rings is 2. The molecule has 5 aromatic heterocycles. The number of rotatable bonds is 18. The van der Waals surface area contributed by atoms with Crippen molar-refractivity contribution in [2.75, 3.05) is 51.1 Å². The second-order valence-electron chi connectivity index (χ2n) is 21.1. The molecule has 3 saturated heterocycles. The summed E-state index contributed by atoms with van der Waals surface area (Å²) in [7, 11) is 0. The van der Waals surface area contributed by atoms with Gasteiger partial charge in [-0.15, -0.1) is 0 Å². The Bertz CT molecular complexity index is 3670. The monoisotopic (exact) mass is 1130 g/mol. The van der Waals surface area contributed by atoms with E-state index in [9.17, 15) is 0 Å². The highest BCUT2D eigenvalue weighted by Crippen LogP contribution is 2.35. The molecule has 10 rings (SSSR count). The molecule has 5 N–H and O–H groups in total. The topological polar surface area (TPSA) is 146 Å². The van der Waals surface area contributed by atoms with Gasteiger partial charge in [0.1, 0.15) is 28.6 Å². The SMILES string of the molecule is C=C/C=C(\C1=C(C)NC(c2n[nH]c(=C/C)/c2=C(/F)C(=C)C(/C=C(\C=C)CN2CCCC2)=C/C)=CC1)N1CCCCC1.C=C/C=C(\c1nc(-c2n[nH]c3cnc(-c4cncc(NC(=C)c5ccccc5)c4)c(F)c23)[nH]c1C)N1CCCCC1.CC. The predicted molar refractivity (Wildman–Crippen MR) is 345 cm³/mol. The van der Waals surface area contributed by atoms with Crippen LogP contribution in [0.1, 0.15) is 115 Å². The molecule has 0 bridgehead atoms. The van der Waals surface area contributed by atoms with E-state index < -0.39 is 5.82 Å². The molecule has 0 saturated carbocycles. The zero-order chi connectivity index (χ0) is 59.7. The molecular weight excluding hydrogens is 1050 g/mol. The number of H-pyrrole nitrogens is 3. The largest absolute Gasteiger partial charge is 0.371 e. The molecule has 4 aliphatic rings. The summed E-state index contributed by atoms with van der Waals surface area (Å²) in [5.41, 5.74) is 13.6. The minimum atomic E-state index is -0.499. The Morgan fingerprint density at radius 1 is 0.786 bits per heavy atom. The fourth-order valence-corrected chi connectivity index (χ4v) is 11.2. The Labute approximate surface area is 495 Å². The van der Waals surface area contributed by atoms with Gasteiger partial charge < -0.3 is 25.4 Å². The van der Waals surface area contributed by atoms with Gasteiger partial charge in [-0.3, -0.25) is 25.1 Å². The van der Waals surface area contributed by atoms with Crippen LogP contribution in [0.4, 0.5) is 14.5 Å². The maximum absolute atomic E-state index is 16.4. The number of likely N-dealkylation sites (tertiary alicyclic amines) is 3. The Morgan fingerprint density at radius 2 is 1.44 bits per heavy atom. The fourth-order valence-electron chi connectivity index (χ4n) is 11.2. The molecular formula is C69H83F2N13. The molecule has 6 aromatic rings. The quantitative estimate of drug-likeness (QED) is 0.0527. The van der Waals surface area contributed by atoms with Gasteiger partial charge in [-0.05, 0) is 139 Å². The van der Waals surface area contributed by atoms with Crippen LogP contribution < -0.4 is 21.2 Å². The minimum Gasteiger partial charge on any atom is -0.371 e. The smallest absolute Gasteiger partial charge is 0.161 e. The number of aromatic nitrogens is 8. The Kier molecular flexibility index (Phi) is 21.6. The highest BCUT2D eigenvalue weighted by molar-refractivity contribution is 5.94. The lowest BCUT2D eigenvalue weighted by Crippen LogP contribution is -2.32. The summed E-state index contributed by atoms with van der Waals surface area (Å²) in [6, 6.07) is 11.6. The molecule has 1 aromatic carbocycles. The maximum Gasteiger partial charge on any atom is 0.161 e. The fraction of sp³-hybridized carbons (Fsp3) is 0.319. The lowest BCUT2D eigenvalue weighted by Gasteiger charge is -2.34. The standard InChI is InChI=1S/C35H46FN5.C32H31FN8.C2H6/c1-7-16-32(41-21-12-11-13-22-41)29-17-18-31(37-26(29)6)35-33(30(10-4)38-39-35)34(36)25(5)28(9-3)23-27(8-2)24-40-19-14-15-20-40;1-4-11-26(41-14-9-6-10-15-41)29-21(3)37-32(38-29)31-27-25(39-40-31)19-35-30(28(27)33)23-16-24(18-34-17-23)36-20(2)22-12-7-5-8-13-22;1-2/h7-10,16,18,23,37-38H,1-2,5,11-15,17,19-22,24H2,3-4,6H3;4-5,7-8,11-13,16-19,36H,1-2,6,9-10,14-15H2,3H3,(H,37,38)(H,39,40);1-2H3/b27-23+,28-9+,30-10+,32-16+,34-33-;26-11+;. The number of benzene rings is 1. The van der Waals surface area contributed by atoms with Crippen LogP contribution in [0.3, 0.4) is 0 Å². The first-order valence-corrected chi connectivity index (χ1v) is 29.7. The summed E-state index contributed by atoms with van der Waals surface area (Å²) in [5, 5.41) is 23.1. The molecule has 4 aliphatic heterocycles. The van der Waals surface area contributed by atoms with E-state index in [0.29, 0.717) is 61.2 Å². The third kappa shape index (κ3) is 14.2. The van der Waals surface area contributed by atoms with E-state index >= 15 is 8.78 Å². The molecule has 0 amide bonds. The number of piperidine rings is 2. The zero-order valence-corrected chi connectivity index (χ0v) is 50.1. The average molecular weight is 1130 g/mol. The zero-order valence-electron chi connectivity index (χ0n) is 50.1. The maximum atomic E-state index is 16.4. The van der Waals surface area contributed by atoms with Gasteiger partial charge in [-0.25, -0.2) is 13.8 Å². The van der Waals surface area contributed by atoms with Crippen LogP contribution in [0.15, 0.2) is 170 Å². The van der Waals surface area contributed by atoms with Crippen LogP contribution in [0.5, 0.6) is 0 Å². The number of hydrogen-bond acceptors (Lipinski definition) is 10. The van der Waals surface area contributed by atoms with E-state index in [0.717, 1.165) is 110 Å². The number of aromatic amines is 3. The first-order valence-electron chi connectivity index (χ1n) is 29.7. The molecule has 0 spiro atoms. The summed E-state index contributed by atoms with van der Waals surface area (Å²) >= 11 is 0. The summed E-state index contributed by atoms with van der Waals surface area (Å²) in [6.45, 7) is 39.1. The molecule has 84 heavy (non-hydrogen) atoms. The molecule has 0 aliphatic carbocycles. The number of dihydropyridines is 1. The highest BCUT2D eigenvalue weighted by atomic mass is 19.1. The van der Waals surface area contributed by atoms with Gasteiger partial charge in [0.2, 0.25) is 0 Å². The number of nitrogens with one attached hydrogen (secondary N) is 5. The predicted octanol–water partition coefficient (Wildman–Crippen LogP) is 14.1. The minimum absolute atomic E-state index is 0.172. The van der Waals surface area contributed by atoms with Crippen molar-refractivity contribution in [3.63, 3.8) is 0 Å². The number of fused-ring (bicyclic) bond motifs is 1. The van der Waals surface area contributed by atoms with Crippen LogP contribution in [0.2, 0.25) is 0 Å². The number of imidazole rings is 1. The van der Waals surface area contributed by atoms with Crippen LogP contribution in [0.25, 0.3) is 62.7 Å². The van der Waals surface area contributed by atoms with Crippen LogP contribution in [0, 0.1) is 12.7 Å². The second kappa shape index (κ2) is 29.5. The van der Waals surface area contributed by atoms with E-state index in [1.165, 1.54) is 49.8 Å². The summed E-state index contributed by atoms with van der Waals surface area (Å²) < 4.78 is 32.6. The number of anilines is 1. The van der Waals surface area contributed by atoms with Crippen molar-refractivity contribution >= 4 is 45.6 Å². The number of nitrogens with zero attached hydrogens (tertiary/aromatic N) is 8. The van der Waals surface area contributed by atoms with Crippen LogP contribution >= 0.6 is 0 Å². The summed E-state index contributed by atoms with van der Waals surface area (Å²) in [5.74, 6) is -0.397. The van der Waals surface area contributed by atoms with Gasteiger partial charge >= 0.3 is 0 Å². The number of aryl methyl sites for hydroxylation is 1. The lowest BCUT2D eigenvalue weighted by atomic mass is 9.97. The van der Waals surface area contributed by atoms with E-state index in [-0.39, 0.29) is 11.5 Å². The van der Waals surface area contributed by atoms with Crippen molar-refractivity contribution in [2.24, 2.45) is 0 Å². The normalized spacial score (nSPS) is 17.0. The van der Waals surface area contributed by atoms with Crippen molar-refractivity contribution in [2.45, 2.75) is 99.3 Å². The lowest BCUT2D eigenvalue weighted by molar-refractivity contribution is 0.288. The molecule has 0 radical (unpaired) electrons. The number of allylic oxidation sites excluding steroid dienone is 11. The van der Waals surface area contributed by atoms with Crippen molar-refractivity contribution < 1.29 is 8.78 Å². The van der Waals surface area contributed by atoms with Crippen LogP contribution in [-0.4, -0.2) is 101 Å². The molecule has 13 nitrogen and oxygen atoms in total.